The second-order valence-corrected chi connectivity index (χ2v) is 3.90. The quantitative estimate of drug-likeness (QED) is 0.849. The highest BCUT2D eigenvalue weighted by Gasteiger charge is 2.06. The Morgan fingerprint density at radius 1 is 1.00 bits per heavy atom. The summed E-state index contributed by atoms with van der Waals surface area (Å²) in [5.41, 5.74) is 1.61. The summed E-state index contributed by atoms with van der Waals surface area (Å²) in [4.78, 5) is 11.9. The van der Waals surface area contributed by atoms with Gasteiger partial charge in [0.15, 0.2) is 0 Å². The topological polar surface area (TPSA) is 52.9 Å². The average molecular weight is 248 g/mol. The van der Waals surface area contributed by atoms with Crippen molar-refractivity contribution in [3.63, 3.8) is 0 Å². The van der Waals surface area contributed by atoms with Crippen LogP contribution >= 0.6 is 0 Å². The van der Waals surface area contributed by atoms with Gasteiger partial charge in [0.25, 0.3) is 5.91 Å². The van der Waals surface area contributed by atoms with Crippen LogP contribution in [-0.2, 0) is 0 Å². The molecular formula is C16H12N2O. The fourth-order valence-electron chi connectivity index (χ4n) is 1.60. The van der Waals surface area contributed by atoms with E-state index in [1.165, 1.54) is 0 Å². The second-order valence-electron chi connectivity index (χ2n) is 3.90. The lowest BCUT2D eigenvalue weighted by Gasteiger charge is -2.03. The smallest absolute Gasteiger partial charge is 0.256 e. The molecule has 2 aromatic carbocycles. The minimum atomic E-state index is -0.288. The third-order valence-corrected chi connectivity index (χ3v) is 2.52. The van der Waals surface area contributed by atoms with E-state index in [1.807, 2.05) is 42.5 Å². The standard InChI is InChI=1S/C16H12N2O/c17-12-15(11-13-7-3-1-4-8-13)18-16(19)14-9-5-2-6-10-14/h1-11H,(H,18,19). The van der Waals surface area contributed by atoms with Crippen LogP contribution in [0.1, 0.15) is 15.9 Å². The van der Waals surface area contributed by atoms with E-state index in [4.69, 9.17) is 5.26 Å². The van der Waals surface area contributed by atoms with Gasteiger partial charge in [-0.15, -0.1) is 0 Å². The number of benzene rings is 2. The molecule has 3 heteroatoms. The van der Waals surface area contributed by atoms with Gasteiger partial charge in [0.2, 0.25) is 0 Å². The maximum atomic E-state index is 11.9. The first kappa shape index (κ1) is 12.6. The van der Waals surface area contributed by atoms with Crippen LogP contribution in [0, 0.1) is 11.3 Å². The van der Waals surface area contributed by atoms with Crippen molar-refractivity contribution in [2.45, 2.75) is 0 Å². The number of rotatable bonds is 3. The van der Waals surface area contributed by atoms with E-state index < -0.39 is 0 Å². The van der Waals surface area contributed by atoms with Crippen LogP contribution in [0.4, 0.5) is 0 Å². The maximum Gasteiger partial charge on any atom is 0.256 e. The Morgan fingerprint density at radius 3 is 2.16 bits per heavy atom. The van der Waals surface area contributed by atoms with Crippen molar-refractivity contribution in [3.8, 4) is 6.07 Å². The van der Waals surface area contributed by atoms with Crippen molar-refractivity contribution in [2.75, 3.05) is 0 Å². The minimum Gasteiger partial charge on any atom is -0.313 e. The molecule has 0 saturated carbocycles. The highest BCUT2D eigenvalue weighted by molar-refractivity contribution is 5.96. The van der Waals surface area contributed by atoms with Crippen molar-refractivity contribution < 1.29 is 4.79 Å². The molecule has 0 aromatic heterocycles. The molecule has 0 aliphatic carbocycles. The normalized spacial score (nSPS) is 10.6. The van der Waals surface area contributed by atoms with E-state index in [9.17, 15) is 4.79 Å². The molecule has 2 rings (SSSR count). The summed E-state index contributed by atoms with van der Waals surface area (Å²) in [7, 11) is 0. The molecule has 19 heavy (non-hydrogen) atoms. The minimum absolute atomic E-state index is 0.222. The zero-order chi connectivity index (χ0) is 13.5. The largest absolute Gasteiger partial charge is 0.313 e. The number of carbonyl (C=O) groups excluding carboxylic acids is 1. The van der Waals surface area contributed by atoms with E-state index in [-0.39, 0.29) is 11.6 Å². The molecule has 1 amide bonds. The molecule has 0 aliphatic heterocycles. The highest BCUT2D eigenvalue weighted by Crippen LogP contribution is 2.05. The SMILES string of the molecule is N#CC(=Cc1ccccc1)NC(=O)c1ccccc1. The lowest BCUT2D eigenvalue weighted by Crippen LogP contribution is -2.21. The van der Waals surface area contributed by atoms with E-state index in [1.54, 1.807) is 30.3 Å². The van der Waals surface area contributed by atoms with Gasteiger partial charge in [0.05, 0.1) is 0 Å². The molecule has 0 unspecified atom stereocenters. The number of amides is 1. The summed E-state index contributed by atoms with van der Waals surface area (Å²) in [5, 5.41) is 11.6. The lowest BCUT2D eigenvalue weighted by molar-refractivity contribution is 0.0968. The summed E-state index contributed by atoms with van der Waals surface area (Å²) >= 11 is 0. The molecule has 2 aromatic rings. The number of nitrogens with zero attached hydrogens (tertiary/aromatic N) is 1. The maximum absolute atomic E-state index is 11.9. The molecular weight excluding hydrogens is 236 g/mol. The summed E-state index contributed by atoms with van der Waals surface area (Å²) in [6, 6.07) is 20.2. The Kier molecular flexibility index (Phi) is 4.09. The molecule has 0 radical (unpaired) electrons. The van der Waals surface area contributed by atoms with Crippen molar-refractivity contribution in [1.82, 2.24) is 5.32 Å². The van der Waals surface area contributed by atoms with Gasteiger partial charge in [-0.25, -0.2) is 0 Å². The highest BCUT2D eigenvalue weighted by atomic mass is 16.1. The summed E-state index contributed by atoms with van der Waals surface area (Å²) in [6.45, 7) is 0. The number of allylic oxidation sites excluding steroid dienone is 1. The van der Waals surface area contributed by atoms with E-state index in [2.05, 4.69) is 5.32 Å². The predicted octanol–water partition coefficient (Wildman–Crippen LogP) is 2.98. The third kappa shape index (κ3) is 3.55. The van der Waals surface area contributed by atoms with Crippen molar-refractivity contribution in [3.05, 3.63) is 77.5 Å². The Labute approximate surface area is 111 Å². The number of hydrogen-bond donors (Lipinski definition) is 1. The Hall–Kier alpha value is -2.86. The summed E-state index contributed by atoms with van der Waals surface area (Å²) < 4.78 is 0. The van der Waals surface area contributed by atoms with Crippen LogP contribution in [0.15, 0.2) is 66.4 Å². The van der Waals surface area contributed by atoms with E-state index >= 15 is 0 Å². The van der Waals surface area contributed by atoms with Gasteiger partial charge in [0.1, 0.15) is 11.8 Å². The first-order chi connectivity index (χ1) is 9.29. The van der Waals surface area contributed by atoms with Crippen LogP contribution in [0.3, 0.4) is 0 Å². The fraction of sp³-hybridized carbons (Fsp3) is 0. The van der Waals surface area contributed by atoms with E-state index in [0.29, 0.717) is 5.56 Å². The van der Waals surface area contributed by atoms with Crippen LogP contribution in [-0.4, -0.2) is 5.91 Å². The number of carbonyl (C=O) groups is 1. The summed E-state index contributed by atoms with van der Waals surface area (Å²) in [6.07, 6.45) is 1.64. The van der Waals surface area contributed by atoms with Gasteiger partial charge in [-0.1, -0.05) is 48.5 Å². The zero-order valence-electron chi connectivity index (χ0n) is 10.2. The van der Waals surface area contributed by atoms with Crippen LogP contribution in [0.5, 0.6) is 0 Å². The van der Waals surface area contributed by atoms with Gasteiger partial charge in [-0.2, -0.15) is 5.26 Å². The molecule has 0 atom stereocenters. The number of hydrogen-bond acceptors (Lipinski definition) is 2. The Morgan fingerprint density at radius 2 is 1.58 bits per heavy atom. The number of nitrogens with one attached hydrogen (secondary N) is 1. The van der Waals surface area contributed by atoms with Gasteiger partial charge in [-0.05, 0) is 23.8 Å². The number of nitriles is 1. The zero-order valence-corrected chi connectivity index (χ0v) is 10.2. The average Bonchev–Trinajstić information content (AvgIpc) is 2.48. The molecule has 0 saturated heterocycles. The van der Waals surface area contributed by atoms with Crippen LogP contribution < -0.4 is 5.32 Å². The molecule has 0 aliphatic rings. The van der Waals surface area contributed by atoms with Gasteiger partial charge < -0.3 is 5.32 Å². The van der Waals surface area contributed by atoms with Gasteiger partial charge in [0, 0.05) is 5.56 Å². The van der Waals surface area contributed by atoms with Crippen molar-refractivity contribution in [1.29, 1.82) is 5.26 Å². The first-order valence-electron chi connectivity index (χ1n) is 5.83. The Balaban J connectivity index is 2.15. The van der Waals surface area contributed by atoms with Crippen molar-refractivity contribution in [2.24, 2.45) is 0 Å². The third-order valence-electron chi connectivity index (χ3n) is 2.52. The molecule has 92 valence electrons. The second kappa shape index (κ2) is 6.18. The van der Waals surface area contributed by atoms with Gasteiger partial charge in [-0.3, -0.25) is 4.79 Å². The molecule has 0 bridgehead atoms. The lowest BCUT2D eigenvalue weighted by atomic mass is 10.2. The Bertz CT molecular complexity index is 625. The van der Waals surface area contributed by atoms with Gasteiger partial charge >= 0.3 is 0 Å². The monoisotopic (exact) mass is 248 g/mol. The van der Waals surface area contributed by atoms with Crippen LogP contribution in [0.25, 0.3) is 6.08 Å². The van der Waals surface area contributed by atoms with E-state index in [0.717, 1.165) is 5.56 Å². The van der Waals surface area contributed by atoms with Crippen molar-refractivity contribution >= 4 is 12.0 Å². The fourth-order valence-corrected chi connectivity index (χ4v) is 1.60. The molecule has 3 nitrogen and oxygen atoms in total. The summed E-state index contributed by atoms with van der Waals surface area (Å²) in [5.74, 6) is -0.288. The first-order valence-corrected chi connectivity index (χ1v) is 5.83. The molecule has 1 N–H and O–H groups in total. The molecule has 0 spiro atoms. The molecule has 0 fully saturated rings. The predicted molar refractivity (Wildman–Crippen MR) is 73.9 cm³/mol. The van der Waals surface area contributed by atoms with Crippen LogP contribution in [0.2, 0.25) is 0 Å². The molecule has 0 heterocycles.